The van der Waals surface area contributed by atoms with Gasteiger partial charge in [-0.15, -0.1) is 0 Å². The molecule has 0 atom stereocenters. The van der Waals surface area contributed by atoms with Crippen molar-refractivity contribution in [2.24, 2.45) is 0 Å². The number of hydrogen-bond donors (Lipinski definition) is 0. The molecule has 0 heterocycles. The van der Waals surface area contributed by atoms with E-state index in [1.807, 2.05) is 6.07 Å². The number of carbonyl (C=O) groups is 1. The van der Waals surface area contributed by atoms with Gasteiger partial charge in [-0.05, 0) is 42.8 Å². The van der Waals surface area contributed by atoms with E-state index in [4.69, 9.17) is 4.18 Å². The van der Waals surface area contributed by atoms with Gasteiger partial charge in [0.05, 0.1) is 0 Å². The van der Waals surface area contributed by atoms with Crippen LogP contribution in [-0.4, -0.2) is 14.2 Å². The second-order valence-electron chi connectivity index (χ2n) is 5.52. The van der Waals surface area contributed by atoms with Gasteiger partial charge in [0.25, 0.3) is 0 Å². The Balaban J connectivity index is 1.82. The molecule has 0 N–H and O–H groups in total. The Morgan fingerprint density at radius 2 is 1.32 bits per heavy atom. The molecule has 0 aromatic heterocycles. The van der Waals surface area contributed by atoms with E-state index in [0.717, 1.165) is 0 Å². The zero-order valence-electron chi connectivity index (χ0n) is 13.5. The Kier molecular flexibility index (Phi) is 4.67. The van der Waals surface area contributed by atoms with Crippen LogP contribution in [0.3, 0.4) is 0 Å². The predicted molar refractivity (Wildman–Crippen MR) is 95.3 cm³/mol. The van der Waals surface area contributed by atoms with Gasteiger partial charge in [0.1, 0.15) is 10.6 Å². The highest BCUT2D eigenvalue weighted by Crippen LogP contribution is 2.22. The first kappa shape index (κ1) is 16.9. The molecule has 126 valence electrons. The Morgan fingerprint density at radius 3 is 1.96 bits per heavy atom. The van der Waals surface area contributed by atoms with Crippen molar-refractivity contribution in [1.82, 2.24) is 0 Å². The molecule has 0 fully saturated rings. The third-order valence-corrected chi connectivity index (χ3v) is 5.13. The van der Waals surface area contributed by atoms with Gasteiger partial charge in [-0.25, -0.2) is 0 Å². The number of aryl methyl sites for hydroxylation is 1. The van der Waals surface area contributed by atoms with Crippen LogP contribution in [0.5, 0.6) is 5.75 Å². The van der Waals surface area contributed by atoms with Crippen LogP contribution in [0.2, 0.25) is 0 Å². The van der Waals surface area contributed by atoms with Crippen LogP contribution >= 0.6 is 0 Å². The van der Waals surface area contributed by atoms with Crippen molar-refractivity contribution >= 4 is 15.9 Å². The molecule has 0 bridgehead atoms. The van der Waals surface area contributed by atoms with Crippen LogP contribution in [0.25, 0.3) is 0 Å². The van der Waals surface area contributed by atoms with Gasteiger partial charge in [0.15, 0.2) is 5.78 Å². The van der Waals surface area contributed by atoms with Crippen molar-refractivity contribution in [1.29, 1.82) is 0 Å². The summed E-state index contributed by atoms with van der Waals surface area (Å²) in [6.45, 7) is 1.71. The van der Waals surface area contributed by atoms with E-state index in [-0.39, 0.29) is 16.4 Å². The summed E-state index contributed by atoms with van der Waals surface area (Å²) in [5.74, 6) is 0.0294. The second kappa shape index (κ2) is 6.91. The van der Waals surface area contributed by atoms with Crippen molar-refractivity contribution in [2.75, 3.05) is 0 Å². The Hall–Kier alpha value is -2.92. The van der Waals surface area contributed by atoms with E-state index in [1.165, 1.54) is 18.2 Å². The monoisotopic (exact) mass is 352 g/mol. The Morgan fingerprint density at radius 1 is 0.760 bits per heavy atom. The van der Waals surface area contributed by atoms with Crippen LogP contribution in [0, 0.1) is 6.92 Å². The minimum Gasteiger partial charge on any atom is -0.379 e. The van der Waals surface area contributed by atoms with Crippen molar-refractivity contribution < 1.29 is 17.4 Å². The van der Waals surface area contributed by atoms with E-state index in [9.17, 15) is 13.2 Å². The largest absolute Gasteiger partial charge is 0.379 e. The molecule has 3 aromatic rings. The molecule has 0 aliphatic rings. The molecule has 0 saturated carbocycles. The van der Waals surface area contributed by atoms with Gasteiger partial charge < -0.3 is 4.18 Å². The minimum atomic E-state index is -3.91. The smallest absolute Gasteiger partial charge is 0.339 e. The maximum absolute atomic E-state index is 12.4. The molecule has 0 unspecified atom stereocenters. The number of hydrogen-bond acceptors (Lipinski definition) is 4. The summed E-state index contributed by atoms with van der Waals surface area (Å²) in [6, 6.07) is 21.6. The van der Waals surface area contributed by atoms with Crippen LogP contribution in [0.1, 0.15) is 21.5 Å². The molecule has 0 aliphatic carbocycles. The molecule has 3 rings (SSSR count). The maximum Gasteiger partial charge on any atom is 0.339 e. The highest BCUT2D eigenvalue weighted by molar-refractivity contribution is 7.87. The molecule has 0 radical (unpaired) electrons. The standard InChI is InChI=1S/C20H16O4S/c1-15-7-5-6-10-19(15)25(22,23)24-18-13-11-17(12-14-18)20(21)16-8-3-2-4-9-16/h2-14H,1H3. The molecule has 5 heteroatoms. The highest BCUT2D eigenvalue weighted by Gasteiger charge is 2.19. The fourth-order valence-electron chi connectivity index (χ4n) is 2.43. The summed E-state index contributed by atoms with van der Waals surface area (Å²) in [7, 11) is -3.91. The molecule has 4 nitrogen and oxygen atoms in total. The summed E-state index contributed by atoms with van der Waals surface area (Å²) in [5.41, 5.74) is 1.65. The van der Waals surface area contributed by atoms with E-state index in [1.54, 1.807) is 61.5 Å². The topological polar surface area (TPSA) is 60.4 Å². The first-order valence-corrected chi connectivity index (χ1v) is 9.08. The molecule has 0 spiro atoms. The van der Waals surface area contributed by atoms with E-state index < -0.39 is 10.1 Å². The van der Waals surface area contributed by atoms with Gasteiger partial charge in [-0.1, -0.05) is 48.5 Å². The number of rotatable bonds is 5. The lowest BCUT2D eigenvalue weighted by atomic mass is 10.0. The summed E-state index contributed by atoms with van der Waals surface area (Å²) in [4.78, 5) is 12.5. The van der Waals surface area contributed by atoms with Crippen molar-refractivity contribution in [3.05, 3.63) is 95.6 Å². The number of carbonyl (C=O) groups excluding carboxylic acids is 1. The number of ketones is 1. The number of benzene rings is 3. The molecule has 0 amide bonds. The molecule has 3 aromatic carbocycles. The zero-order chi connectivity index (χ0) is 17.9. The molecular weight excluding hydrogens is 336 g/mol. The minimum absolute atomic E-state index is 0.124. The van der Waals surface area contributed by atoms with Gasteiger partial charge in [-0.3, -0.25) is 4.79 Å². The summed E-state index contributed by atoms with van der Waals surface area (Å²) in [6.07, 6.45) is 0. The third-order valence-electron chi connectivity index (χ3n) is 3.72. The highest BCUT2D eigenvalue weighted by atomic mass is 32.2. The quantitative estimate of drug-likeness (QED) is 0.514. The Labute approximate surface area is 146 Å². The first-order chi connectivity index (χ1) is 12.0. The molecule has 0 aliphatic heterocycles. The van der Waals surface area contributed by atoms with Gasteiger partial charge >= 0.3 is 10.1 Å². The normalized spacial score (nSPS) is 11.1. The van der Waals surface area contributed by atoms with Crippen molar-refractivity contribution in [2.45, 2.75) is 11.8 Å². The third kappa shape index (κ3) is 3.78. The average molecular weight is 352 g/mol. The van der Waals surface area contributed by atoms with Crippen LogP contribution in [0.15, 0.2) is 83.8 Å². The van der Waals surface area contributed by atoms with Gasteiger partial charge in [0, 0.05) is 11.1 Å². The summed E-state index contributed by atoms with van der Waals surface area (Å²) in [5, 5.41) is 0. The zero-order valence-corrected chi connectivity index (χ0v) is 14.4. The fourth-order valence-corrected chi connectivity index (χ4v) is 3.59. The molecular formula is C20H16O4S. The van der Waals surface area contributed by atoms with Crippen LogP contribution in [-0.2, 0) is 10.1 Å². The maximum atomic E-state index is 12.4. The van der Waals surface area contributed by atoms with Crippen molar-refractivity contribution in [3.8, 4) is 5.75 Å². The van der Waals surface area contributed by atoms with Crippen molar-refractivity contribution in [3.63, 3.8) is 0 Å². The molecule has 25 heavy (non-hydrogen) atoms. The van der Waals surface area contributed by atoms with E-state index in [0.29, 0.717) is 16.7 Å². The lowest BCUT2D eigenvalue weighted by molar-refractivity contribution is 0.103. The Bertz CT molecular complexity index is 991. The SMILES string of the molecule is Cc1ccccc1S(=O)(=O)Oc1ccc(C(=O)c2ccccc2)cc1. The van der Waals surface area contributed by atoms with Crippen LogP contribution < -0.4 is 4.18 Å². The summed E-state index contributed by atoms with van der Waals surface area (Å²) >= 11 is 0. The lowest BCUT2D eigenvalue weighted by Crippen LogP contribution is -2.11. The fraction of sp³-hybridized carbons (Fsp3) is 0.0500. The predicted octanol–water partition coefficient (Wildman–Crippen LogP) is 3.99. The van der Waals surface area contributed by atoms with E-state index >= 15 is 0 Å². The second-order valence-corrected chi connectivity index (χ2v) is 7.04. The first-order valence-electron chi connectivity index (χ1n) is 7.67. The van der Waals surface area contributed by atoms with Gasteiger partial charge in [-0.2, -0.15) is 8.42 Å². The van der Waals surface area contributed by atoms with E-state index in [2.05, 4.69) is 0 Å². The lowest BCUT2D eigenvalue weighted by Gasteiger charge is -2.09. The van der Waals surface area contributed by atoms with Crippen LogP contribution in [0.4, 0.5) is 0 Å². The molecule has 0 saturated heterocycles. The average Bonchev–Trinajstić information content (AvgIpc) is 2.62. The summed E-state index contributed by atoms with van der Waals surface area (Å²) < 4.78 is 29.9. The van der Waals surface area contributed by atoms with Gasteiger partial charge in [0.2, 0.25) is 0 Å².